The van der Waals surface area contributed by atoms with E-state index in [2.05, 4.69) is 19.9 Å². The lowest BCUT2D eigenvalue weighted by Crippen LogP contribution is -2.41. The first kappa shape index (κ1) is 12.5. The molecule has 1 saturated carbocycles. The number of rotatable bonds is 4. The lowest BCUT2D eigenvalue weighted by molar-refractivity contribution is -0.0444. The van der Waals surface area contributed by atoms with Gasteiger partial charge in [0, 0.05) is 0 Å². The Balaban J connectivity index is 2.56. The van der Waals surface area contributed by atoms with E-state index in [4.69, 9.17) is 5.26 Å². The Morgan fingerprint density at radius 2 is 2.00 bits per heavy atom. The molecule has 1 N–H and O–H groups in total. The maximum Gasteiger partial charge on any atom is 0.0805 e. The quantitative estimate of drug-likeness (QED) is 0.772. The van der Waals surface area contributed by atoms with Crippen molar-refractivity contribution in [2.75, 3.05) is 0 Å². The Bertz CT molecular complexity index is 223. The fourth-order valence-electron chi connectivity index (χ4n) is 2.68. The highest BCUT2D eigenvalue weighted by Crippen LogP contribution is 2.39. The van der Waals surface area contributed by atoms with Crippen LogP contribution in [0.2, 0.25) is 0 Å². The topological polar surface area (TPSA) is 44.0 Å². The van der Waals surface area contributed by atoms with E-state index in [1.54, 1.807) is 0 Å². The summed E-state index contributed by atoms with van der Waals surface area (Å²) in [4.78, 5) is 0. The van der Waals surface area contributed by atoms with Gasteiger partial charge in [-0.2, -0.15) is 5.26 Å². The molecule has 1 rings (SSSR count). The molecule has 0 amide bonds. The second-order valence-electron chi connectivity index (χ2n) is 4.93. The van der Waals surface area contributed by atoms with Gasteiger partial charge < -0.3 is 5.11 Å². The van der Waals surface area contributed by atoms with Crippen molar-refractivity contribution in [3.63, 3.8) is 0 Å². The van der Waals surface area contributed by atoms with Gasteiger partial charge in [0.1, 0.15) is 0 Å². The summed E-state index contributed by atoms with van der Waals surface area (Å²) in [5, 5.41) is 19.5. The summed E-state index contributed by atoms with van der Waals surface area (Å²) in [7, 11) is 0. The molecule has 1 unspecified atom stereocenters. The number of nitriles is 1. The largest absolute Gasteiger partial charge is 0.389 e. The first-order chi connectivity index (χ1) is 7.16. The average molecular weight is 209 g/mol. The first-order valence-electron chi connectivity index (χ1n) is 6.28. The minimum atomic E-state index is -0.684. The molecule has 0 aromatic carbocycles. The van der Waals surface area contributed by atoms with Gasteiger partial charge in [-0.1, -0.05) is 26.7 Å². The van der Waals surface area contributed by atoms with Crippen LogP contribution in [-0.4, -0.2) is 10.7 Å². The second kappa shape index (κ2) is 5.51. The zero-order chi connectivity index (χ0) is 11.3. The molecule has 0 aromatic heterocycles. The Kier molecular flexibility index (Phi) is 4.60. The fraction of sp³-hybridized carbons (Fsp3) is 0.923. The summed E-state index contributed by atoms with van der Waals surface area (Å²) in [5.74, 6) is 0.617. The summed E-state index contributed by atoms with van der Waals surface area (Å²) in [5.41, 5.74) is -0.684. The minimum Gasteiger partial charge on any atom is -0.389 e. The van der Waals surface area contributed by atoms with Gasteiger partial charge >= 0.3 is 0 Å². The SMILES string of the molecule is CCCC(C#N)C1(O)CCC(CC)CC1. The number of hydrogen-bond acceptors (Lipinski definition) is 2. The first-order valence-corrected chi connectivity index (χ1v) is 6.28. The molecule has 0 aromatic rings. The van der Waals surface area contributed by atoms with Gasteiger partial charge in [-0.15, -0.1) is 0 Å². The summed E-state index contributed by atoms with van der Waals surface area (Å²) in [6.45, 7) is 4.29. The van der Waals surface area contributed by atoms with E-state index >= 15 is 0 Å². The molecule has 1 aliphatic rings. The van der Waals surface area contributed by atoms with Gasteiger partial charge in [-0.05, 0) is 38.0 Å². The van der Waals surface area contributed by atoms with Crippen molar-refractivity contribution < 1.29 is 5.11 Å². The molecule has 1 aliphatic carbocycles. The zero-order valence-corrected chi connectivity index (χ0v) is 10.00. The van der Waals surface area contributed by atoms with Crippen LogP contribution in [0.3, 0.4) is 0 Å². The third kappa shape index (κ3) is 2.95. The molecule has 2 nitrogen and oxygen atoms in total. The highest BCUT2D eigenvalue weighted by molar-refractivity contribution is 5.00. The van der Waals surface area contributed by atoms with Crippen LogP contribution in [0.4, 0.5) is 0 Å². The molecule has 86 valence electrons. The van der Waals surface area contributed by atoms with Crippen molar-refractivity contribution >= 4 is 0 Å². The summed E-state index contributed by atoms with van der Waals surface area (Å²) in [6, 6.07) is 2.30. The monoisotopic (exact) mass is 209 g/mol. The van der Waals surface area contributed by atoms with E-state index in [0.717, 1.165) is 44.4 Å². The second-order valence-corrected chi connectivity index (χ2v) is 4.93. The van der Waals surface area contributed by atoms with E-state index < -0.39 is 5.60 Å². The maximum absolute atomic E-state index is 10.5. The molecular weight excluding hydrogens is 186 g/mol. The molecule has 0 aliphatic heterocycles. The third-order valence-corrected chi connectivity index (χ3v) is 3.93. The summed E-state index contributed by atoms with van der Waals surface area (Å²) < 4.78 is 0. The fourth-order valence-corrected chi connectivity index (χ4v) is 2.68. The normalized spacial score (nSPS) is 33.3. The zero-order valence-electron chi connectivity index (χ0n) is 10.00. The summed E-state index contributed by atoms with van der Waals surface area (Å²) in [6.07, 6.45) is 6.86. The third-order valence-electron chi connectivity index (χ3n) is 3.93. The standard InChI is InChI=1S/C13H23NO/c1-3-5-12(10-14)13(15)8-6-11(4-2)7-9-13/h11-12,15H,3-9H2,1-2H3. The van der Waals surface area contributed by atoms with Crippen molar-refractivity contribution in [2.45, 2.75) is 64.4 Å². The Hall–Kier alpha value is -0.550. The smallest absolute Gasteiger partial charge is 0.0805 e. The van der Waals surface area contributed by atoms with Gasteiger partial charge in [0.25, 0.3) is 0 Å². The number of aliphatic hydroxyl groups is 1. The predicted octanol–water partition coefficient (Wildman–Crippen LogP) is 3.26. The minimum absolute atomic E-state index is 0.152. The maximum atomic E-state index is 10.5. The van der Waals surface area contributed by atoms with Crippen molar-refractivity contribution in [2.24, 2.45) is 11.8 Å². The van der Waals surface area contributed by atoms with Crippen LogP contribution in [0.5, 0.6) is 0 Å². The van der Waals surface area contributed by atoms with Crippen molar-refractivity contribution in [3.05, 3.63) is 0 Å². The van der Waals surface area contributed by atoms with E-state index in [-0.39, 0.29) is 5.92 Å². The molecule has 0 radical (unpaired) electrons. The van der Waals surface area contributed by atoms with Crippen LogP contribution in [0.15, 0.2) is 0 Å². The van der Waals surface area contributed by atoms with Crippen LogP contribution in [0.25, 0.3) is 0 Å². The van der Waals surface area contributed by atoms with Gasteiger partial charge in [0.2, 0.25) is 0 Å². The Labute approximate surface area is 93.3 Å². The molecule has 2 heteroatoms. The molecule has 15 heavy (non-hydrogen) atoms. The Morgan fingerprint density at radius 3 is 2.40 bits per heavy atom. The highest BCUT2D eigenvalue weighted by atomic mass is 16.3. The van der Waals surface area contributed by atoms with Crippen LogP contribution in [0, 0.1) is 23.2 Å². The molecule has 1 atom stereocenters. The van der Waals surface area contributed by atoms with Gasteiger partial charge in [-0.3, -0.25) is 0 Å². The van der Waals surface area contributed by atoms with Gasteiger partial charge in [0.15, 0.2) is 0 Å². The van der Waals surface area contributed by atoms with Crippen LogP contribution in [-0.2, 0) is 0 Å². The van der Waals surface area contributed by atoms with Crippen molar-refractivity contribution in [1.82, 2.24) is 0 Å². The molecule has 0 bridgehead atoms. The molecular formula is C13H23NO. The van der Waals surface area contributed by atoms with Crippen molar-refractivity contribution in [1.29, 1.82) is 5.26 Å². The average Bonchev–Trinajstić information content (AvgIpc) is 2.27. The predicted molar refractivity (Wildman–Crippen MR) is 61.2 cm³/mol. The van der Waals surface area contributed by atoms with E-state index in [1.165, 1.54) is 6.42 Å². The number of nitrogens with zero attached hydrogens (tertiary/aromatic N) is 1. The lowest BCUT2D eigenvalue weighted by atomic mass is 9.71. The van der Waals surface area contributed by atoms with Crippen LogP contribution in [0.1, 0.15) is 58.8 Å². The number of hydrogen-bond donors (Lipinski definition) is 1. The molecule has 0 saturated heterocycles. The lowest BCUT2D eigenvalue weighted by Gasteiger charge is -2.38. The molecule has 0 heterocycles. The Morgan fingerprint density at radius 1 is 1.40 bits per heavy atom. The van der Waals surface area contributed by atoms with Crippen LogP contribution < -0.4 is 0 Å². The van der Waals surface area contributed by atoms with E-state index in [1.807, 2.05) is 0 Å². The summed E-state index contributed by atoms with van der Waals surface area (Å²) >= 11 is 0. The van der Waals surface area contributed by atoms with Gasteiger partial charge in [0.05, 0.1) is 17.6 Å². The molecule has 0 spiro atoms. The van der Waals surface area contributed by atoms with E-state index in [0.29, 0.717) is 0 Å². The highest BCUT2D eigenvalue weighted by Gasteiger charge is 2.39. The van der Waals surface area contributed by atoms with Crippen LogP contribution >= 0.6 is 0 Å². The van der Waals surface area contributed by atoms with Gasteiger partial charge in [-0.25, -0.2) is 0 Å². The van der Waals surface area contributed by atoms with Crippen molar-refractivity contribution in [3.8, 4) is 6.07 Å². The molecule has 1 fully saturated rings. The van der Waals surface area contributed by atoms with E-state index in [9.17, 15) is 5.11 Å².